The summed E-state index contributed by atoms with van der Waals surface area (Å²) >= 11 is 0. The monoisotopic (exact) mass is 482 g/mol. The molecule has 0 aromatic heterocycles. The number of hydrogen-bond acceptors (Lipinski definition) is 5. The number of hydrogen-bond donors (Lipinski definition) is 1. The van der Waals surface area contributed by atoms with E-state index in [4.69, 9.17) is 9.47 Å². The van der Waals surface area contributed by atoms with E-state index in [2.05, 4.69) is 15.0 Å². The molecule has 1 aliphatic rings. The topological polar surface area (TPSA) is 43.0 Å². The second-order valence-corrected chi connectivity index (χ2v) is 6.89. The van der Waals surface area contributed by atoms with Crippen LogP contribution in [-0.4, -0.2) is 51.7 Å². The smallest absolute Gasteiger partial charge is 0.496 e. The van der Waals surface area contributed by atoms with Crippen molar-refractivity contribution in [3.63, 3.8) is 0 Å². The van der Waals surface area contributed by atoms with E-state index in [1.165, 1.54) is 12.1 Å². The van der Waals surface area contributed by atoms with Gasteiger partial charge in [-0.25, -0.2) is 0 Å². The van der Waals surface area contributed by atoms with Gasteiger partial charge < -0.3 is 19.5 Å². The summed E-state index contributed by atoms with van der Waals surface area (Å²) in [6.07, 6.45) is -4.72. The largest absolute Gasteiger partial charge is 0.573 e. The first-order valence-corrected chi connectivity index (χ1v) is 9.35. The fraction of sp³-hybridized carbons (Fsp3) is 0.429. The molecule has 31 heavy (non-hydrogen) atoms. The SMILES string of the molecule is COc1cc(C)cc(OC)c1[C@@H](c1ccc(OC(F)(F)F)cc1)N1CCNCC1.Cl.Cl. The maximum Gasteiger partial charge on any atom is 0.573 e. The van der Waals surface area contributed by atoms with Crippen LogP contribution in [0.2, 0.25) is 0 Å². The Morgan fingerprint density at radius 1 is 0.935 bits per heavy atom. The van der Waals surface area contributed by atoms with Gasteiger partial charge in [-0.2, -0.15) is 0 Å². The van der Waals surface area contributed by atoms with Gasteiger partial charge in [0, 0.05) is 26.2 Å². The van der Waals surface area contributed by atoms with E-state index < -0.39 is 6.36 Å². The minimum Gasteiger partial charge on any atom is -0.496 e. The third-order valence-corrected chi connectivity index (χ3v) is 4.91. The van der Waals surface area contributed by atoms with Gasteiger partial charge in [0.25, 0.3) is 0 Å². The van der Waals surface area contributed by atoms with E-state index in [0.717, 1.165) is 42.9 Å². The standard InChI is InChI=1S/C21H25F3N2O3.2ClH/c1-14-12-17(27-2)19(18(13-14)28-3)20(26-10-8-25-9-11-26)15-4-6-16(7-5-15)29-21(22,23)24;;/h4-7,12-13,20,25H,8-11H2,1-3H3;2*1H/t20-;;/m1../s1. The van der Waals surface area contributed by atoms with Gasteiger partial charge in [-0.1, -0.05) is 12.1 Å². The van der Waals surface area contributed by atoms with E-state index in [0.29, 0.717) is 11.5 Å². The van der Waals surface area contributed by atoms with Crippen molar-refractivity contribution in [2.75, 3.05) is 40.4 Å². The summed E-state index contributed by atoms with van der Waals surface area (Å²) in [5, 5.41) is 3.32. The van der Waals surface area contributed by atoms with Crippen LogP contribution in [0.3, 0.4) is 0 Å². The maximum atomic E-state index is 12.5. The molecule has 0 radical (unpaired) electrons. The molecule has 1 saturated heterocycles. The first kappa shape index (κ1) is 27.2. The first-order chi connectivity index (χ1) is 13.8. The zero-order valence-electron chi connectivity index (χ0n) is 17.5. The maximum absolute atomic E-state index is 12.5. The fourth-order valence-electron chi connectivity index (χ4n) is 3.69. The number of halogens is 5. The van der Waals surface area contributed by atoms with Gasteiger partial charge in [0.1, 0.15) is 17.2 Å². The molecular weight excluding hydrogens is 456 g/mol. The summed E-state index contributed by atoms with van der Waals surface area (Å²) in [7, 11) is 3.21. The summed E-state index contributed by atoms with van der Waals surface area (Å²) in [4.78, 5) is 2.27. The molecule has 0 amide bonds. The van der Waals surface area contributed by atoms with Crippen molar-refractivity contribution >= 4 is 24.8 Å². The highest BCUT2D eigenvalue weighted by molar-refractivity contribution is 5.85. The number of methoxy groups -OCH3 is 2. The molecule has 174 valence electrons. The fourth-order valence-corrected chi connectivity index (χ4v) is 3.69. The molecule has 1 aliphatic heterocycles. The zero-order valence-corrected chi connectivity index (χ0v) is 19.1. The Kier molecular flexibility index (Phi) is 10.2. The third-order valence-electron chi connectivity index (χ3n) is 4.91. The second kappa shape index (κ2) is 11.7. The number of alkyl halides is 3. The minimum atomic E-state index is -4.72. The van der Waals surface area contributed by atoms with E-state index in [1.54, 1.807) is 26.4 Å². The molecule has 3 rings (SSSR count). The van der Waals surface area contributed by atoms with Crippen LogP contribution >= 0.6 is 24.8 Å². The quantitative estimate of drug-likeness (QED) is 0.643. The van der Waals surface area contributed by atoms with E-state index in [-0.39, 0.29) is 36.6 Å². The van der Waals surface area contributed by atoms with E-state index in [9.17, 15) is 13.2 Å². The van der Waals surface area contributed by atoms with Crippen molar-refractivity contribution in [3.8, 4) is 17.2 Å². The number of benzene rings is 2. The highest BCUT2D eigenvalue weighted by Crippen LogP contribution is 2.42. The average molecular weight is 483 g/mol. The number of piperazine rings is 1. The van der Waals surface area contributed by atoms with Crippen LogP contribution < -0.4 is 19.5 Å². The summed E-state index contributed by atoms with van der Waals surface area (Å²) in [5.41, 5.74) is 2.68. The van der Waals surface area contributed by atoms with Crippen molar-refractivity contribution < 1.29 is 27.4 Å². The number of aryl methyl sites for hydroxylation is 1. The Labute approximate surface area is 192 Å². The zero-order chi connectivity index (χ0) is 21.0. The van der Waals surface area contributed by atoms with Crippen molar-refractivity contribution in [1.29, 1.82) is 0 Å². The van der Waals surface area contributed by atoms with Crippen molar-refractivity contribution in [1.82, 2.24) is 10.2 Å². The third kappa shape index (κ3) is 6.80. The second-order valence-electron chi connectivity index (χ2n) is 6.89. The molecule has 10 heteroatoms. The molecule has 0 unspecified atom stereocenters. The molecule has 0 saturated carbocycles. The number of nitrogens with one attached hydrogen (secondary N) is 1. The van der Waals surface area contributed by atoms with Gasteiger partial charge in [-0.05, 0) is 42.3 Å². The van der Waals surface area contributed by atoms with Crippen molar-refractivity contribution in [2.24, 2.45) is 0 Å². The molecule has 1 fully saturated rings. The molecule has 0 spiro atoms. The molecule has 1 heterocycles. The number of nitrogens with zero attached hydrogens (tertiary/aromatic N) is 1. The highest BCUT2D eigenvalue weighted by Gasteiger charge is 2.32. The highest BCUT2D eigenvalue weighted by atomic mass is 35.5. The molecular formula is C21H27Cl2F3N2O3. The molecule has 0 bridgehead atoms. The molecule has 1 N–H and O–H groups in total. The summed E-state index contributed by atoms with van der Waals surface area (Å²) < 4.78 is 52.9. The Morgan fingerprint density at radius 3 is 1.90 bits per heavy atom. The van der Waals surface area contributed by atoms with Gasteiger partial charge in [0.05, 0.1) is 25.8 Å². The lowest BCUT2D eigenvalue weighted by Gasteiger charge is -2.36. The number of rotatable bonds is 6. The molecule has 0 aliphatic carbocycles. The Hall–Kier alpha value is -1.87. The van der Waals surface area contributed by atoms with Gasteiger partial charge in [0.15, 0.2) is 0 Å². The lowest BCUT2D eigenvalue weighted by molar-refractivity contribution is -0.274. The normalized spacial score (nSPS) is 15.3. The Morgan fingerprint density at radius 2 is 1.45 bits per heavy atom. The van der Waals surface area contributed by atoms with Gasteiger partial charge >= 0.3 is 6.36 Å². The summed E-state index contributed by atoms with van der Waals surface area (Å²) in [6, 6.07) is 9.64. The lowest BCUT2D eigenvalue weighted by atomic mass is 9.93. The van der Waals surface area contributed by atoms with Gasteiger partial charge in [0.2, 0.25) is 0 Å². The van der Waals surface area contributed by atoms with E-state index in [1.807, 2.05) is 19.1 Å². The van der Waals surface area contributed by atoms with Crippen LogP contribution in [0.4, 0.5) is 13.2 Å². The number of ether oxygens (including phenoxy) is 3. The van der Waals surface area contributed by atoms with Crippen LogP contribution in [0.5, 0.6) is 17.2 Å². The molecule has 1 atom stereocenters. The Balaban J connectivity index is 0.00000240. The summed E-state index contributed by atoms with van der Waals surface area (Å²) in [5.74, 6) is 1.12. The predicted octanol–water partition coefficient (Wildman–Crippen LogP) is 4.75. The van der Waals surface area contributed by atoms with Crippen LogP contribution in [-0.2, 0) is 0 Å². The van der Waals surface area contributed by atoms with Crippen LogP contribution in [0.25, 0.3) is 0 Å². The van der Waals surface area contributed by atoms with Crippen LogP contribution in [0, 0.1) is 6.92 Å². The average Bonchev–Trinajstić information content (AvgIpc) is 2.69. The van der Waals surface area contributed by atoms with Crippen molar-refractivity contribution in [3.05, 3.63) is 53.1 Å². The first-order valence-electron chi connectivity index (χ1n) is 9.35. The van der Waals surface area contributed by atoms with Gasteiger partial charge in [-0.15, -0.1) is 38.0 Å². The van der Waals surface area contributed by atoms with Gasteiger partial charge in [-0.3, -0.25) is 4.90 Å². The molecule has 2 aromatic carbocycles. The Bertz CT molecular complexity index is 805. The minimum absolute atomic E-state index is 0. The van der Waals surface area contributed by atoms with Crippen LogP contribution in [0.1, 0.15) is 22.7 Å². The molecule has 2 aromatic rings. The lowest BCUT2D eigenvalue weighted by Crippen LogP contribution is -2.45. The molecule has 5 nitrogen and oxygen atoms in total. The van der Waals surface area contributed by atoms with Crippen molar-refractivity contribution in [2.45, 2.75) is 19.3 Å². The predicted molar refractivity (Wildman–Crippen MR) is 118 cm³/mol. The van der Waals surface area contributed by atoms with E-state index >= 15 is 0 Å². The van der Waals surface area contributed by atoms with Crippen LogP contribution in [0.15, 0.2) is 36.4 Å². The summed E-state index contributed by atoms with van der Waals surface area (Å²) in [6.45, 7) is 5.17.